The Morgan fingerprint density at radius 2 is 1.55 bits per heavy atom. The van der Waals surface area contributed by atoms with Gasteiger partial charge in [-0.3, -0.25) is 4.79 Å². The molecule has 0 aliphatic carbocycles. The van der Waals surface area contributed by atoms with Crippen LogP contribution in [-0.2, 0) is 12.8 Å². The molecule has 0 N–H and O–H groups in total. The molecular weight excluding hydrogens is 265 g/mol. The number of aryl methyl sites for hydroxylation is 1. The monoisotopic (exact) mass is 295 g/mol. The Hall–Kier alpha value is -0.750. The molecule has 0 aromatic carbocycles. The lowest BCUT2D eigenvalue weighted by molar-refractivity contribution is 0.0275. The molecule has 1 aromatic rings. The van der Waals surface area contributed by atoms with Crippen LogP contribution in [0.4, 0.5) is 0 Å². The third-order valence-corrected chi connectivity index (χ3v) is 4.87. The van der Waals surface area contributed by atoms with E-state index in [4.69, 9.17) is 0 Å². The van der Waals surface area contributed by atoms with E-state index in [9.17, 15) is 4.79 Å². The van der Waals surface area contributed by atoms with Gasteiger partial charge >= 0.3 is 0 Å². The lowest BCUT2D eigenvalue weighted by Gasteiger charge is -2.45. The van der Waals surface area contributed by atoms with Crippen LogP contribution in [0, 0.1) is 0 Å². The highest BCUT2D eigenvalue weighted by Crippen LogP contribution is 2.34. The summed E-state index contributed by atoms with van der Waals surface area (Å²) in [4.78, 5) is 15.2. The van der Waals surface area contributed by atoms with Crippen LogP contribution in [0.2, 0.25) is 0 Å². The zero-order valence-corrected chi connectivity index (χ0v) is 15.3. The van der Waals surface area contributed by atoms with Crippen molar-refractivity contribution in [2.24, 2.45) is 0 Å². The molecule has 1 unspecified atom stereocenters. The number of nitrogens with zero attached hydrogens (tertiary/aromatic N) is 1. The normalized spacial score (nSPS) is 13.0. The van der Waals surface area contributed by atoms with E-state index in [0.29, 0.717) is 8.19 Å². The summed E-state index contributed by atoms with van der Waals surface area (Å²) < 4.78 is 0. The van der Waals surface area contributed by atoms with Crippen LogP contribution < -0.4 is 0 Å². The second kappa shape index (κ2) is 5.93. The van der Waals surface area contributed by atoms with E-state index < -0.39 is 0 Å². The molecule has 0 radical (unpaired) electrons. The zero-order chi connectivity index (χ0) is 15.7. The zero-order valence-electron chi connectivity index (χ0n) is 14.3. The van der Waals surface area contributed by atoms with Gasteiger partial charge in [0.05, 0.1) is 5.30 Å². The van der Waals surface area contributed by atoms with Crippen molar-refractivity contribution in [3.63, 3.8) is 0 Å². The second-order valence-electron chi connectivity index (χ2n) is 7.36. The number of carbonyl (C=O) groups is 1. The van der Waals surface area contributed by atoms with E-state index in [-0.39, 0.29) is 17.0 Å². The van der Waals surface area contributed by atoms with E-state index in [0.717, 1.165) is 18.1 Å². The molecule has 1 atom stereocenters. The molecule has 20 heavy (non-hydrogen) atoms. The van der Waals surface area contributed by atoms with Crippen LogP contribution in [0.3, 0.4) is 0 Å². The van der Waals surface area contributed by atoms with Crippen LogP contribution >= 0.6 is 8.19 Å². The first-order chi connectivity index (χ1) is 9.04. The van der Waals surface area contributed by atoms with Crippen molar-refractivity contribution in [2.45, 2.75) is 79.3 Å². The van der Waals surface area contributed by atoms with Crippen LogP contribution in [0.15, 0.2) is 5.80 Å². The Balaban J connectivity index is 3.31. The van der Waals surface area contributed by atoms with Crippen LogP contribution in [-0.4, -0.2) is 21.9 Å². The van der Waals surface area contributed by atoms with Crippen LogP contribution in [0.1, 0.15) is 76.6 Å². The summed E-state index contributed by atoms with van der Waals surface area (Å²) >= 11 is 0. The minimum absolute atomic E-state index is 0.166. The number of hydrogen-bond acceptors (Lipinski definition) is 1. The predicted molar refractivity (Wildman–Crippen MR) is 90.4 cm³/mol. The van der Waals surface area contributed by atoms with Crippen molar-refractivity contribution in [2.75, 3.05) is 0 Å². The Morgan fingerprint density at radius 3 is 1.90 bits per heavy atom. The molecule has 0 aliphatic heterocycles. The summed E-state index contributed by atoms with van der Waals surface area (Å²) in [6.07, 6.45) is 1.98. The maximum Gasteiger partial charge on any atom is 0.258 e. The highest BCUT2D eigenvalue weighted by molar-refractivity contribution is 7.32. The van der Waals surface area contributed by atoms with Crippen molar-refractivity contribution in [1.29, 1.82) is 0 Å². The number of amides is 1. The van der Waals surface area contributed by atoms with Gasteiger partial charge in [0.1, 0.15) is 0 Å². The Morgan fingerprint density at radius 1 is 1.05 bits per heavy atom. The number of carbonyl (C=O) groups excluding carboxylic acids is 1. The minimum atomic E-state index is -0.166. The maximum atomic E-state index is 13.1. The molecule has 2 nitrogen and oxygen atoms in total. The van der Waals surface area contributed by atoms with E-state index in [2.05, 4.69) is 61.2 Å². The molecule has 1 rings (SSSR count). The van der Waals surface area contributed by atoms with Gasteiger partial charge in [0, 0.05) is 11.1 Å². The van der Waals surface area contributed by atoms with Crippen LogP contribution in [0.5, 0.6) is 0 Å². The molecule has 0 saturated heterocycles. The van der Waals surface area contributed by atoms with E-state index >= 15 is 0 Å². The Kier molecular flexibility index (Phi) is 5.13. The fourth-order valence-electron chi connectivity index (χ4n) is 3.13. The van der Waals surface area contributed by atoms with Crippen molar-refractivity contribution in [3.8, 4) is 0 Å². The molecule has 1 heterocycles. The molecule has 0 bridgehead atoms. The molecule has 0 saturated carbocycles. The largest absolute Gasteiger partial charge is 0.329 e. The first-order valence-corrected chi connectivity index (χ1v) is 8.65. The Labute approximate surface area is 126 Å². The fourth-order valence-corrected chi connectivity index (χ4v) is 4.58. The average Bonchev–Trinajstić information content (AvgIpc) is 2.67. The predicted octanol–water partition coefficient (Wildman–Crippen LogP) is 4.88. The van der Waals surface area contributed by atoms with Crippen molar-refractivity contribution < 1.29 is 4.79 Å². The Bertz CT molecular complexity index is 460. The summed E-state index contributed by atoms with van der Waals surface area (Å²) in [5.74, 6) is 2.48. The lowest BCUT2D eigenvalue weighted by atomic mass is 9.94. The van der Waals surface area contributed by atoms with E-state index in [1.165, 1.54) is 11.1 Å². The highest BCUT2D eigenvalue weighted by atomic mass is 31.0. The summed E-state index contributed by atoms with van der Waals surface area (Å²) in [6, 6.07) is 0. The van der Waals surface area contributed by atoms with Crippen molar-refractivity contribution in [3.05, 3.63) is 22.2 Å². The van der Waals surface area contributed by atoms with Crippen LogP contribution in [0.25, 0.3) is 0 Å². The molecule has 0 fully saturated rings. The van der Waals surface area contributed by atoms with E-state index in [1.807, 2.05) is 4.90 Å². The van der Waals surface area contributed by atoms with Gasteiger partial charge in [-0.05, 0) is 71.3 Å². The second-order valence-corrected chi connectivity index (χ2v) is 8.43. The first-order valence-electron chi connectivity index (χ1n) is 7.57. The standard InChI is InChI=1S/C17H30NOP/c1-9-12-11-20-14(13(12)10-2)15(19)18(16(3,4)5)17(6,7)8/h11,20H,9-10H2,1-8H3. The summed E-state index contributed by atoms with van der Waals surface area (Å²) in [6.45, 7) is 17.0. The van der Waals surface area contributed by atoms with Gasteiger partial charge in [-0.2, -0.15) is 0 Å². The average molecular weight is 295 g/mol. The molecule has 1 amide bonds. The molecule has 0 spiro atoms. The molecular formula is C17H30NOP. The summed E-state index contributed by atoms with van der Waals surface area (Å²) in [7, 11) is 0.532. The minimum Gasteiger partial charge on any atom is -0.329 e. The quantitative estimate of drug-likeness (QED) is 0.778. The molecule has 0 aliphatic rings. The van der Waals surface area contributed by atoms with Gasteiger partial charge in [0.25, 0.3) is 5.91 Å². The lowest BCUT2D eigenvalue weighted by Crippen LogP contribution is -2.55. The smallest absolute Gasteiger partial charge is 0.258 e. The summed E-state index contributed by atoms with van der Waals surface area (Å²) in [5, 5.41) is 1.04. The van der Waals surface area contributed by atoms with Crippen molar-refractivity contribution in [1.82, 2.24) is 4.90 Å². The highest BCUT2D eigenvalue weighted by Gasteiger charge is 2.37. The first kappa shape index (κ1) is 17.3. The number of hydrogen-bond donors (Lipinski definition) is 0. The SMILES string of the molecule is CCc1c[pH]c(C(=O)N(C(C)(C)C)C(C)(C)C)c1CC. The van der Waals surface area contributed by atoms with Gasteiger partial charge in [-0.25, -0.2) is 0 Å². The van der Waals surface area contributed by atoms with Gasteiger partial charge in [-0.1, -0.05) is 13.8 Å². The topological polar surface area (TPSA) is 20.3 Å². The molecule has 114 valence electrons. The van der Waals surface area contributed by atoms with Gasteiger partial charge < -0.3 is 4.90 Å². The van der Waals surface area contributed by atoms with Gasteiger partial charge in [0.15, 0.2) is 0 Å². The van der Waals surface area contributed by atoms with Gasteiger partial charge in [-0.15, -0.1) is 8.19 Å². The van der Waals surface area contributed by atoms with Crippen molar-refractivity contribution >= 4 is 14.1 Å². The molecule has 1 aromatic heterocycles. The fraction of sp³-hybridized carbons (Fsp3) is 0.706. The maximum absolute atomic E-state index is 13.1. The summed E-state index contributed by atoms with van der Waals surface area (Å²) in [5.41, 5.74) is 2.33. The van der Waals surface area contributed by atoms with Gasteiger partial charge in [0.2, 0.25) is 0 Å². The molecule has 3 heteroatoms. The number of rotatable bonds is 3. The third kappa shape index (κ3) is 3.47. The third-order valence-electron chi connectivity index (χ3n) is 3.57. The van der Waals surface area contributed by atoms with E-state index in [1.54, 1.807) is 0 Å².